The van der Waals surface area contributed by atoms with Gasteiger partial charge in [-0.25, -0.2) is 0 Å². The summed E-state index contributed by atoms with van der Waals surface area (Å²) in [6.45, 7) is 3.08. The van der Waals surface area contributed by atoms with Crippen LogP contribution >= 0.6 is 0 Å². The maximum absolute atomic E-state index is 12.7. The molecule has 1 aliphatic carbocycles. The molecule has 2 fully saturated rings. The number of rotatable bonds is 13. The minimum Gasteiger partial charge on any atom is -0.385 e. The van der Waals surface area contributed by atoms with E-state index in [2.05, 4.69) is 5.32 Å². The largest absolute Gasteiger partial charge is 0.385 e. The smallest absolute Gasteiger partial charge is 0.253 e. The van der Waals surface area contributed by atoms with E-state index in [1.165, 1.54) is 32.1 Å². The highest BCUT2D eigenvalue weighted by Gasteiger charge is 2.35. The second kappa shape index (κ2) is 13.3. The molecule has 8 nitrogen and oxygen atoms in total. The molecule has 1 saturated carbocycles. The average molecular weight is 500 g/mol. The van der Waals surface area contributed by atoms with Crippen LogP contribution in [0.2, 0.25) is 0 Å². The molecule has 2 aliphatic rings. The van der Waals surface area contributed by atoms with Crippen molar-refractivity contribution in [1.82, 2.24) is 0 Å². The third-order valence-electron chi connectivity index (χ3n) is 7.53. The highest BCUT2D eigenvalue weighted by Crippen LogP contribution is 2.32. The molecule has 0 bridgehead atoms. The molecule has 8 heteroatoms. The zero-order valence-corrected chi connectivity index (χ0v) is 21.5. The van der Waals surface area contributed by atoms with Gasteiger partial charge in [-0.05, 0) is 24.3 Å². The van der Waals surface area contributed by atoms with E-state index < -0.39 is 10.9 Å². The summed E-state index contributed by atoms with van der Waals surface area (Å²) in [6.07, 6.45) is 7.43. The Morgan fingerprint density at radius 1 is 1.11 bits per heavy atom. The van der Waals surface area contributed by atoms with E-state index in [0.29, 0.717) is 56.7 Å². The van der Waals surface area contributed by atoms with Gasteiger partial charge in [0.05, 0.1) is 6.61 Å². The predicted octanol–water partition coefficient (Wildman–Crippen LogP) is 2.99. The zero-order valence-electron chi connectivity index (χ0n) is 21.5. The second-order valence-electron chi connectivity index (χ2n) is 10.1. The van der Waals surface area contributed by atoms with E-state index in [4.69, 9.17) is 19.9 Å². The van der Waals surface area contributed by atoms with Crippen LogP contribution in [0.15, 0.2) is 39.9 Å². The molecule has 2 aromatic rings. The SMILES string of the molecule is COCCCOC(c1ccccc1)C1CN(c2c(N[C@H](CN)CC3CCCCC3)c(=O)c2=O)CCO1. The molecule has 36 heavy (non-hydrogen) atoms. The van der Waals surface area contributed by atoms with E-state index in [-0.39, 0.29) is 18.2 Å². The van der Waals surface area contributed by atoms with Crippen LogP contribution in [-0.4, -0.2) is 58.7 Å². The summed E-state index contributed by atoms with van der Waals surface area (Å²) < 4.78 is 17.6. The zero-order chi connectivity index (χ0) is 25.3. The molecule has 2 unspecified atom stereocenters. The minimum absolute atomic E-state index is 0.00632. The fraction of sp³-hybridized carbons (Fsp3) is 0.643. The van der Waals surface area contributed by atoms with Crippen molar-refractivity contribution in [2.45, 2.75) is 63.2 Å². The van der Waals surface area contributed by atoms with Crippen molar-refractivity contribution in [1.29, 1.82) is 0 Å². The van der Waals surface area contributed by atoms with Crippen molar-refractivity contribution < 1.29 is 14.2 Å². The van der Waals surface area contributed by atoms with Crippen molar-refractivity contribution in [3.63, 3.8) is 0 Å². The van der Waals surface area contributed by atoms with E-state index >= 15 is 0 Å². The lowest BCUT2D eigenvalue weighted by atomic mass is 9.84. The topological polar surface area (TPSA) is 103 Å². The number of benzene rings is 1. The first-order valence-corrected chi connectivity index (χ1v) is 13.4. The number of morpholine rings is 1. The van der Waals surface area contributed by atoms with E-state index in [1.54, 1.807) is 7.11 Å². The van der Waals surface area contributed by atoms with Crippen LogP contribution in [-0.2, 0) is 14.2 Å². The third-order valence-corrected chi connectivity index (χ3v) is 7.53. The van der Waals surface area contributed by atoms with Gasteiger partial charge in [-0.15, -0.1) is 0 Å². The molecular formula is C28H41N3O5. The summed E-state index contributed by atoms with van der Waals surface area (Å²) in [7, 11) is 1.68. The molecule has 4 rings (SSSR count). The summed E-state index contributed by atoms with van der Waals surface area (Å²) in [6, 6.07) is 10.0. The average Bonchev–Trinajstić information content (AvgIpc) is 2.93. The molecule has 1 saturated heterocycles. The van der Waals surface area contributed by atoms with Crippen LogP contribution in [0, 0.1) is 5.92 Å². The molecular weight excluding hydrogens is 458 g/mol. The third kappa shape index (κ3) is 6.54. The quantitative estimate of drug-likeness (QED) is 0.320. The predicted molar refractivity (Wildman–Crippen MR) is 143 cm³/mol. The molecule has 2 aromatic carbocycles. The molecule has 198 valence electrons. The van der Waals surface area contributed by atoms with E-state index in [9.17, 15) is 9.59 Å². The molecule has 0 aromatic heterocycles. The summed E-state index contributed by atoms with van der Waals surface area (Å²) >= 11 is 0. The standard InChI is InChI=1S/C28H41N3O5/c1-34-14-8-15-36-28(21-11-6-3-7-12-21)23-19-31(13-16-35-23)25-24(26(32)27(25)33)30-22(18-29)17-20-9-4-2-5-10-20/h3,6-7,11-12,20,22-23,28,30H,2,4-5,8-10,13-19,29H2,1H3/t22-,23?,28?/m0/s1. The van der Waals surface area contributed by atoms with Crippen LogP contribution < -0.4 is 26.8 Å². The highest BCUT2D eigenvalue weighted by atomic mass is 16.5. The lowest BCUT2D eigenvalue weighted by molar-refractivity contribution is -0.0829. The van der Waals surface area contributed by atoms with Gasteiger partial charge in [-0.3, -0.25) is 9.59 Å². The number of anilines is 2. The number of methoxy groups -OCH3 is 1. The molecule has 1 aliphatic heterocycles. The molecule has 3 N–H and O–H groups in total. The van der Waals surface area contributed by atoms with Crippen molar-refractivity contribution >= 4 is 11.4 Å². The Balaban J connectivity index is 1.46. The maximum Gasteiger partial charge on any atom is 0.253 e. The van der Waals surface area contributed by atoms with Crippen molar-refractivity contribution in [2.75, 3.05) is 56.8 Å². The summed E-state index contributed by atoms with van der Waals surface area (Å²) in [5.74, 6) is 0.629. The van der Waals surface area contributed by atoms with Gasteiger partial charge in [-0.2, -0.15) is 0 Å². The van der Waals surface area contributed by atoms with E-state index in [1.807, 2.05) is 35.2 Å². The Bertz CT molecular complexity index is 1000. The van der Waals surface area contributed by atoms with Gasteiger partial charge < -0.3 is 30.2 Å². The van der Waals surface area contributed by atoms with E-state index in [0.717, 1.165) is 18.4 Å². The number of nitrogens with one attached hydrogen (secondary N) is 1. The van der Waals surface area contributed by atoms with Crippen molar-refractivity contribution in [3.05, 3.63) is 56.3 Å². The minimum atomic E-state index is -0.439. The van der Waals surface area contributed by atoms with Crippen molar-refractivity contribution in [3.8, 4) is 0 Å². The molecule has 0 radical (unpaired) electrons. The Morgan fingerprint density at radius 2 is 1.89 bits per heavy atom. The Kier molecular flexibility index (Phi) is 9.92. The lowest BCUT2D eigenvalue weighted by Gasteiger charge is -2.39. The van der Waals surface area contributed by atoms with Crippen LogP contribution in [0.4, 0.5) is 11.4 Å². The lowest BCUT2D eigenvalue weighted by Crippen LogP contribution is -2.52. The first-order chi connectivity index (χ1) is 17.6. The van der Waals surface area contributed by atoms with Gasteiger partial charge in [0.25, 0.3) is 10.9 Å². The van der Waals surface area contributed by atoms with Crippen LogP contribution in [0.3, 0.4) is 0 Å². The highest BCUT2D eigenvalue weighted by molar-refractivity contribution is 5.75. The number of nitrogens with two attached hydrogens (primary N) is 1. The number of nitrogens with zero attached hydrogens (tertiary/aromatic N) is 1. The van der Waals surface area contributed by atoms with Gasteiger partial charge in [0.1, 0.15) is 23.6 Å². The molecule has 1 heterocycles. The normalized spacial score (nSPS) is 20.9. The van der Waals surface area contributed by atoms with Gasteiger partial charge in [0.2, 0.25) is 0 Å². The Morgan fingerprint density at radius 3 is 2.61 bits per heavy atom. The first kappa shape index (κ1) is 26.8. The Hall–Kier alpha value is -2.26. The summed E-state index contributed by atoms with van der Waals surface area (Å²) in [4.78, 5) is 27.3. The maximum atomic E-state index is 12.7. The monoisotopic (exact) mass is 499 g/mol. The van der Waals surface area contributed by atoms with Gasteiger partial charge in [0.15, 0.2) is 0 Å². The summed E-state index contributed by atoms with van der Waals surface area (Å²) in [5, 5.41) is 3.36. The van der Waals surface area contributed by atoms with Gasteiger partial charge in [0, 0.05) is 46.0 Å². The molecule has 3 atom stereocenters. The second-order valence-corrected chi connectivity index (χ2v) is 10.1. The van der Waals surface area contributed by atoms with Gasteiger partial charge in [-0.1, -0.05) is 62.4 Å². The number of hydrogen-bond donors (Lipinski definition) is 2. The van der Waals surface area contributed by atoms with Crippen LogP contribution in [0.1, 0.15) is 56.6 Å². The van der Waals surface area contributed by atoms with Crippen LogP contribution in [0.25, 0.3) is 0 Å². The van der Waals surface area contributed by atoms with Crippen molar-refractivity contribution in [2.24, 2.45) is 11.7 Å². The first-order valence-electron chi connectivity index (χ1n) is 13.4. The summed E-state index contributed by atoms with van der Waals surface area (Å²) in [5.41, 5.74) is 7.13. The molecule has 0 amide bonds. The fourth-order valence-electron chi connectivity index (χ4n) is 5.59. The fourth-order valence-corrected chi connectivity index (χ4v) is 5.59. The van der Waals surface area contributed by atoms with Crippen LogP contribution in [0.5, 0.6) is 0 Å². The molecule has 0 spiro atoms. The Labute approximate surface area is 213 Å². The van der Waals surface area contributed by atoms with Gasteiger partial charge >= 0.3 is 0 Å². The number of hydrogen-bond acceptors (Lipinski definition) is 8. The number of ether oxygens (including phenoxy) is 3.